The summed E-state index contributed by atoms with van der Waals surface area (Å²) < 4.78 is 27.0. The van der Waals surface area contributed by atoms with Crippen molar-refractivity contribution in [1.82, 2.24) is 0 Å². The van der Waals surface area contributed by atoms with Crippen LogP contribution in [0.3, 0.4) is 0 Å². The number of aliphatic hydroxyl groups is 1. The van der Waals surface area contributed by atoms with E-state index in [0.717, 1.165) is 24.0 Å². The first-order chi connectivity index (χ1) is 13.6. The lowest BCUT2D eigenvalue weighted by Crippen LogP contribution is -2.47. The van der Waals surface area contributed by atoms with Gasteiger partial charge in [0.1, 0.15) is 0 Å². The molecule has 2 aliphatic rings. The van der Waals surface area contributed by atoms with Gasteiger partial charge >= 0.3 is 0 Å². The number of fused-ring (bicyclic) bond motifs is 2. The summed E-state index contributed by atoms with van der Waals surface area (Å²) in [4.78, 5) is 0.431. The van der Waals surface area contributed by atoms with Gasteiger partial charge in [-0.3, -0.25) is 0 Å². The molecule has 2 atom stereocenters. The minimum Gasteiger partial charge on any atom is -0.390 e. The molecule has 156 valence electrons. The fourth-order valence-corrected chi connectivity index (χ4v) is 7.87. The van der Waals surface area contributed by atoms with Gasteiger partial charge in [-0.25, -0.2) is 8.42 Å². The summed E-state index contributed by atoms with van der Waals surface area (Å²) in [5.74, 6) is 0.0736. The lowest BCUT2D eigenvalue weighted by molar-refractivity contribution is -0.0184. The van der Waals surface area contributed by atoms with Crippen molar-refractivity contribution >= 4 is 9.84 Å². The molecule has 0 radical (unpaired) electrons. The Morgan fingerprint density at radius 2 is 1.48 bits per heavy atom. The summed E-state index contributed by atoms with van der Waals surface area (Å²) in [6.45, 7) is 6.39. The van der Waals surface area contributed by atoms with Gasteiger partial charge in [0.05, 0.1) is 15.7 Å². The number of sulfone groups is 1. The highest BCUT2D eigenvalue weighted by Gasteiger charge is 2.53. The average molecular weight is 413 g/mol. The zero-order valence-electron chi connectivity index (χ0n) is 17.6. The van der Waals surface area contributed by atoms with Crippen LogP contribution >= 0.6 is 0 Å². The summed E-state index contributed by atoms with van der Waals surface area (Å²) in [6.07, 6.45) is 3.54. The average Bonchev–Trinajstić information content (AvgIpc) is 2.95. The second-order valence-electron chi connectivity index (χ2n) is 10.2. The van der Waals surface area contributed by atoms with Gasteiger partial charge < -0.3 is 5.11 Å². The lowest BCUT2D eigenvalue weighted by atomic mass is 9.74. The number of benzene rings is 2. The standard InChI is InChI=1S/C25H32O3S/c1-24(2,3)21-11-13-22(14-12-21)29(27,28)23-19-9-10-20(23)17-25(26,16-19)15-18-7-5-4-6-8-18/h4-8,11-14,19-20,23,26H,9-10,15-17H2,1-3H3. The number of rotatable bonds is 4. The fourth-order valence-electron chi connectivity index (χ4n) is 5.57. The third kappa shape index (κ3) is 4.02. The van der Waals surface area contributed by atoms with Crippen LogP contribution < -0.4 is 0 Å². The third-order valence-corrected chi connectivity index (χ3v) is 9.32. The van der Waals surface area contributed by atoms with Crippen molar-refractivity contribution in [1.29, 1.82) is 0 Å². The Morgan fingerprint density at radius 3 is 2.00 bits per heavy atom. The van der Waals surface area contributed by atoms with Crippen molar-refractivity contribution in [2.45, 2.75) is 74.0 Å². The molecule has 2 bridgehead atoms. The van der Waals surface area contributed by atoms with Crippen molar-refractivity contribution in [3.8, 4) is 0 Å². The van der Waals surface area contributed by atoms with Crippen LogP contribution in [-0.4, -0.2) is 24.4 Å². The summed E-state index contributed by atoms with van der Waals surface area (Å²) in [5.41, 5.74) is 1.46. The Labute approximate surface area is 175 Å². The van der Waals surface area contributed by atoms with Gasteiger partial charge in [0.2, 0.25) is 0 Å². The summed E-state index contributed by atoms with van der Waals surface area (Å²) in [5, 5.41) is 10.9. The molecule has 0 aliphatic heterocycles. The summed E-state index contributed by atoms with van der Waals surface area (Å²) in [6, 6.07) is 17.5. The molecule has 2 fully saturated rings. The van der Waals surface area contributed by atoms with Gasteiger partial charge in [-0.1, -0.05) is 63.2 Å². The first-order valence-electron chi connectivity index (χ1n) is 10.7. The van der Waals surface area contributed by atoms with E-state index >= 15 is 0 Å². The SMILES string of the molecule is CC(C)(C)c1ccc(S(=O)(=O)C2C3CCC2CC(O)(Cc2ccccc2)C3)cc1. The molecule has 2 unspecified atom stereocenters. The molecule has 0 aromatic heterocycles. The molecule has 0 saturated heterocycles. The van der Waals surface area contributed by atoms with E-state index < -0.39 is 15.4 Å². The zero-order valence-corrected chi connectivity index (χ0v) is 18.5. The highest BCUT2D eigenvalue weighted by atomic mass is 32.2. The van der Waals surface area contributed by atoms with E-state index in [0.29, 0.717) is 24.2 Å². The van der Waals surface area contributed by atoms with Gasteiger partial charge in [0.25, 0.3) is 0 Å². The molecule has 2 aliphatic carbocycles. The minimum atomic E-state index is -3.39. The zero-order chi connectivity index (χ0) is 20.9. The van der Waals surface area contributed by atoms with Crippen LogP contribution in [0.5, 0.6) is 0 Å². The maximum absolute atomic E-state index is 13.5. The van der Waals surface area contributed by atoms with Crippen LogP contribution in [0.1, 0.15) is 57.6 Å². The molecule has 0 spiro atoms. The second-order valence-corrected chi connectivity index (χ2v) is 12.3. The molecule has 0 heterocycles. The number of hydrogen-bond donors (Lipinski definition) is 1. The minimum absolute atomic E-state index is 0.0000869. The van der Waals surface area contributed by atoms with E-state index in [4.69, 9.17) is 0 Å². The quantitative estimate of drug-likeness (QED) is 0.775. The Hall–Kier alpha value is -1.65. The third-order valence-electron chi connectivity index (χ3n) is 6.90. The predicted molar refractivity (Wildman–Crippen MR) is 117 cm³/mol. The first kappa shape index (κ1) is 20.6. The monoisotopic (exact) mass is 412 g/mol. The summed E-state index contributed by atoms with van der Waals surface area (Å²) in [7, 11) is -3.39. The molecule has 3 nitrogen and oxygen atoms in total. The van der Waals surface area contributed by atoms with Crippen molar-refractivity contribution < 1.29 is 13.5 Å². The normalized spacial score (nSPS) is 29.7. The summed E-state index contributed by atoms with van der Waals surface area (Å²) >= 11 is 0. The molecular weight excluding hydrogens is 380 g/mol. The molecule has 4 rings (SSSR count). The van der Waals surface area contributed by atoms with E-state index in [9.17, 15) is 13.5 Å². The van der Waals surface area contributed by atoms with Crippen LogP contribution in [0.2, 0.25) is 0 Å². The van der Waals surface area contributed by atoms with Gasteiger partial charge in [-0.05, 0) is 66.2 Å². The second kappa shape index (κ2) is 7.24. The smallest absolute Gasteiger partial charge is 0.181 e. The Balaban J connectivity index is 1.56. The van der Waals surface area contributed by atoms with Crippen LogP contribution in [0, 0.1) is 11.8 Å². The molecule has 1 N–H and O–H groups in total. The lowest BCUT2D eigenvalue weighted by Gasteiger charge is -2.41. The van der Waals surface area contributed by atoms with Crippen molar-refractivity contribution in [2.24, 2.45) is 11.8 Å². The van der Waals surface area contributed by atoms with E-state index in [-0.39, 0.29) is 22.5 Å². The predicted octanol–water partition coefficient (Wildman–Crippen LogP) is 4.92. The van der Waals surface area contributed by atoms with Crippen LogP contribution in [0.4, 0.5) is 0 Å². The Bertz CT molecular complexity index is 941. The van der Waals surface area contributed by atoms with Crippen LogP contribution in [0.25, 0.3) is 0 Å². The topological polar surface area (TPSA) is 54.4 Å². The maximum atomic E-state index is 13.5. The molecule has 4 heteroatoms. The molecule has 2 aromatic carbocycles. The van der Waals surface area contributed by atoms with Gasteiger partial charge in [0, 0.05) is 6.42 Å². The Morgan fingerprint density at radius 1 is 0.931 bits per heavy atom. The molecule has 0 amide bonds. The highest BCUT2D eigenvalue weighted by Crippen LogP contribution is 2.51. The van der Waals surface area contributed by atoms with Crippen LogP contribution in [0.15, 0.2) is 59.5 Å². The van der Waals surface area contributed by atoms with Gasteiger partial charge in [-0.15, -0.1) is 0 Å². The highest BCUT2D eigenvalue weighted by molar-refractivity contribution is 7.92. The van der Waals surface area contributed by atoms with Crippen LogP contribution in [-0.2, 0) is 21.7 Å². The van der Waals surface area contributed by atoms with Gasteiger partial charge in [0.15, 0.2) is 9.84 Å². The fraction of sp³-hybridized carbons (Fsp3) is 0.520. The first-order valence-corrected chi connectivity index (χ1v) is 12.2. The molecule has 2 saturated carbocycles. The van der Waals surface area contributed by atoms with Crippen molar-refractivity contribution in [3.63, 3.8) is 0 Å². The van der Waals surface area contributed by atoms with E-state index in [1.807, 2.05) is 42.5 Å². The van der Waals surface area contributed by atoms with E-state index in [2.05, 4.69) is 20.8 Å². The largest absolute Gasteiger partial charge is 0.390 e. The maximum Gasteiger partial charge on any atom is 0.181 e. The number of hydrogen-bond acceptors (Lipinski definition) is 3. The van der Waals surface area contributed by atoms with Gasteiger partial charge in [-0.2, -0.15) is 0 Å². The molecule has 29 heavy (non-hydrogen) atoms. The molecule has 2 aromatic rings. The van der Waals surface area contributed by atoms with E-state index in [1.165, 1.54) is 0 Å². The van der Waals surface area contributed by atoms with Crippen molar-refractivity contribution in [2.75, 3.05) is 0 Å². The van der Waals surface area contributed by atoms with Crippen molar-refractivity contribution in [3.05, 3.63) is 65.7 Å². The Kier molecular flexibility index (Phi) is 5.15. The van der Waals surface area contributed by atoms with E-state index in [1.54, 1.807) is 12.1 Å². The molecular formula is C25H32O3S.